The second-order valence-electron chi connectivity index (χ2n) is 4.43. The molecule has 0 saturated heterocycles. The summed E-state index contributed by atoms with van der Waals surface area (Å²) in [6.07, 6.45) is 0.144. The van der Waals surface area contributed by atoms with E-state index in [0.29, 0.717) is 17.2 Å². The largest absolute Gasteiger partial charge is 0.399 e. The fourth-order valence-corrected chi connectivity index (χ4v) is 2.28. The minimum Gasteiger partial charge on any atom is -0.399 e. The number of nitrogens with zero attached hydrogens (tertiary/aromatic N) is 3. The van der Waals surface area contributed by atoms with Gasteiger partial charge in [-0.15, -0.1) is 0 Å². The predicted molar refractivity (Wildman–Crippen MR) is 74.8 cm³/mol. The number of rotatable bonds is 2. The number of para-hydroxylation sites is 2. The highest BCUT2D eigenvalue weighted by molar-refractivity contribution is 5.78. The van der Waals surface area contributed by atoms with Gasteiger partial charge in [-0.3, -0.25) is 4.57 Å². The number of nitriles is 1. The highest BCUT2D eigenvalue weighted by atomic mass is 19.1. The summed E-state index contributed by atoms with van der Waals surface area (Å²) in [4.78, 5) is 4.42. The SMILES string of the molecule is N#CCc1nc2ccccc2n1-c1cc(N)cc(F)c1. The second-order valence-corrected chi connectivity index (χ2v) is 4.43. The Bertz CT molecular complexity index is 809. The Morgan fingerprint density at radius 2 is 2.05 bits per heavy atom. The number of halogens is 1. The first-order chi connectivity index (χ1) is 9.69. The molecule has 0 bridgehead atoms. The van der Waals surface area contributed by atoms with E-state index in [2.05, 4.69) is 11.1 Å². The number of nitrogens with two attached hydrogens (primary N) is 1. The molecule has 1 heterocycles. The van der Waals surface area contributed by atoms with Gasteiger partial charge in [0.15, 0.2) is 0 Å². The fraction of sp³-hybridized carbons (Fsp3) is 0.0667. The van der Waals surface area contributed by atoms with Gasteiger partial charge in [-0.1, -0.05) is 12.1 Å². The van der Waals surface area contributed by atoms with Crippen molar-refractivity contribution in [3.8, 4) is 11.8 Å². The molecule has 1 aromatic heterocycles. The number of hydrogen-bond donors (Lipinski definition) is 1. The first kappa shape index (κ1) is 12.2. The summed E-state index contributed by atoms with van der Waals surface area (Å²) in [5.74, 6) is 0.152. The number of anilines is 1. The Morgan fingerprint density at radius 3 is 2.80 bits per heavy atom. The van der Waals surface area contributed by atoms with Crippen molar-refractivity contribution in [3.05, 3.63) is 54.1 Å². The molecule has 3 rings (SSSR count). The lowest BCUT2D eigenvalue weighted by Gasteiger charge is -2.08. The summed E-state index contributed by atoms with van der Waals surface area (Å²) < 4.78 is 15.3. The second kappa shape index (κ2) is 4.67. The van der Waals surface area contributed by atoms with E-state index in [9.17, 15) is 4.39 Å². The normalized spacial score (nSPS) is 10.6. The molecular formula is C15H11FN4. The summed E-state index contributed by atoms with van der Waals surface area (Å²) in [5.41, 5.74) is 8.19. The van der Waals surface area contributed by atoms with Gasteiger partial charge in [-0.05, 0) is 30.3 Å². The van der Waals surface area contributed by atoms with E-state index in [1.54, 1.807) is 10.6 Å². The minimum absolute atomic E-state index is 0.144. The maximum Gasteiger partial charge on any atom is 0.128 e. The van der Waals surface area contributed by atoms with Crippen LogP contribution in [0.5, 0.6) is 0 Å². The van der Waals surface area contributed by atoms with Crippen LogP contribution in [0.1, 0.15) is 5.82 Å². The minimum atomic E-state index is -0.416. The molecule has 0 aliphatic rings. The van der Waals surface area contributed by atoms with Crippen molar-refractivity contribution in [2.45, 2.75) is 6.42 Å². The van der Waals surface area contributed by atoms with Crippen LogP contribution in [0.25, 0.3) is 16.7 Å². The van der Waals surface area contributed by atoms with Gasteiger partial charge >= 0.3 is 0 Å². The molecule has 5 heteroatoms. The molecule has 3 aromatic rings. The lowest BCUT2D eigenvalue weighted by atomic mass is 10.2. The van der Waals surface area contributed by atoms with Crippen LogP contribution in [0, 0.1) is 17.1 Å². The summed E-state index contributed by atoms with van der Waals surface area (Å²) >= 11 is 0. The average molecular weight is 266 g/mol. The average Bonchev–Trinajstić information content (AvgIpc) is 2.76. The molecule has 2 N–H and O–H groups in total. The summed E-state index contributed by atoms with van der Waals surface area (Å²) in [7, 11) is 0. The maximum atomic E-state index is 13.6. The smallest absolute Gasteiger partial charge is 0.128 e. The van der Waals surface area contributed by atoms with Crippen LogP contribution >= 0.6 is 0 Å². The molecule has 0 amide bonds. The molecule has 0 spiro atoms. The lowest BCUT2D eigenvalue weighted by Crippen LogP contribution is -2.02. The third kappa shape index (κ3) is 1.97. The highest BCUT2D eigenvalue weighted by Gasteiger charge is 2.12. The molecule has 98 valence electrons. The Labute approximate surface area is 114 Å². The quantitative estimate of drug-likeness (QED) is 0.725. The first-order valence-electron chi connectivity index (χ1n) is 6.09. The van der Waals surface area contributed by atoms with E-state index in [1.165, 1.54) is 12.1 Å². The number of imidazole rings is 1. The third-order valence-corrected chi connectivity index (χ3v) is 3.03. The van der Waals surface area contributed by atoms with Crippen molar-refractivity contribution in [2.24, 2.45) is 0 Å². The van der Waals surface area contributed by atoms with Crippen LogP contribution in [0.2, 0.25) is 0 Å². The number of hydrogen-bond acceptors (Lipinski definition) is 3. The molecule has 0 radical (unpaired) electrons. The molecular weight excluding hydrogens is 255 g/mol. The highest BCUT2D eigenvalue weighted by Crippen LogP contribution is 2.24. The van der Waals surface area contributed by atoms with Crippen molar-refractivity contribution in [3.63, 3.8) is 0 Å². The van der Waals surface area contributed by atoms with Crippen LogP contribution in [0.15, 0.2) is 42.5 Å². The van der Waals surface area contributed by atoms with Gasteiger partial charge in [0.05, 0.1) is 29.2 Å². The first-order valence-corrected chi connectivity index (χ1v) is 6.09. The maximum absolute atomic E-state index is 13.6. The van der Waals surface area contributed by atoms with Crippen LogP contribution in [0.4, 0.5) is 10.1 Å². The van der Waals surface area contributed by atoms with Crippen LogP contribution in [-0.4, -0.2) is 9.55 Å². The van der Waals surface area contributed by atoms with Gasteiger partial charge in [0, 0.05) is 5.69 Å². The van der Waals surface area contributed by atoms with Crippen LogP contribution in [0.3, 0.4) is 0 Å². The topological polar surface area (TPSA) is 67.6 Å². The van der Waals surface area contributed by atoms with Gasteiger partial charge in [0.1, 0.15) is 11.6 Å². The molecule has 2 aromatic carbocycles. The zero-order valence-electron chi connectivity index (χ0n) is 10.5. The van der Waals surface area contributed by atoms with Crippen molar-refractivity contribution in [1.82, 2.24) is 9.55 Å². The van der Waals surface area contributed by atoms with Gasteiger partial charge in [0.2, 0.25) is 0 Å². The number of benzene rings is 2. The van der Waals surface area contributed by atoms with Gasteiger partial charge in [0.25, 0.3) is 0 Å². The number of fused-ring (bicyclic) bond motifs is 1. The molecule has 20 heavy (non-hydrogen) atoms. The Balaban J connectivity index is 2.33. The van der Waals surface area contributed by atoms with E-state index in [0.717, 1.165) is 11.0 Å². The monoisotopic (exact) mass is 266 g/mol. The Hall–Kier alpha value is -2.87. The number of nitrogen functional groups attached to an aromatic ring is 1. The molecule has 0 atom stereocenters. The number of aromatic nitrogens is 2. The lowest BCUT2D eigenvalue weighted by molar-refractivity contribution is 0.627. The Morgan fingerprint density at radius 1 is 1.25 bits per heavy atom. The van der Waals surface area contributed by atoms with E-state index in [-0.39, 0.29) is 6.42 Å². The molecule has 4 nitrogen and oxygen atoms in total. The standard InChI is InChI=1S/C15H11FN4/c16-10-7-11(18)9-12(8-10)20-14-4-2-1-3-13(14)19-15(20)5-6-17/h1-4,7-9H,5,18H2. The van der Waals surface area contributed by atoms with E-state index < -0.39 is 5.82 Å². The fourth-order valence-electron chi connectivity index (χ4n) is 2.28. The van der Waals surface area contributed by atoms with Crippen molar-refractivity contribution < 1.29 is 4.39 Å². The van der Waals surface area contributed by atoms with Gasteiger partial charge < -0.3 is 5.73 Å². The summed E-state index contributed by atoms with van der Waals surface area (Å²) in [6.45, 7) is 0. The van der Waals surface area contributed by atoms with Crippen LogP contribution in [-0.2, 0) is 6.42 Å². The zero-order chi connectivity index (χ0) is 14.1. The van der Waals surface area contributed by atoms with Crippen molar-refractivity contribution in [2.75, 3.05) is 5.73 Å². The van der Waals surface area contributed by atoms with Crippen LogP contribution < -0.4 is 5.73 Å². The zero-order valence-corrected chi connectivity index (χ0v) is 10.5. The molecule has 0 fully saturated rings. The molecule has 0 aliphatic carbocycles. The van der Waals surface area contributed by atoms with E-state index >= 15 is 0 Å². The van der Waals surface area contributed by atoms with Crippen molar-refractivity contribution in [1.29, 1.82) is 5.26 Å². The van der Waals surface area contributed by atoms with E-state index in [4.69, 9.17) is 11.0 Å². The molecule has 0 saturated carbocycles. The molecule has 0 unspecified atom stereocenters. The summed E-state index contributed by atoms with van der Waals surface area (Å²) in [5, 5.41) is 8.92. The summed E-state index contributed by atoms with van der Waals surface area (Å²) in [6, 6.07) is 13.9. The predicted octanol–water partition coefficient (Wildman–Crippen LogP) is 2.81. The third-order valence-electron chi connectivity index (χ3n) is 3.03. The van der Waals surface area contributed by atoms with E-state index in [1.807, 2.05) is 24.3 Å². The van der Waals surface area contributed by atoms with Crippen molar-refractivity contribution >= 4 is 16.7 Å². The van der Waals surface area contributed by atoms with Gasteiger partial charge in [-0.25, -0.2) is 9.37 Å². The molecule has 0 aliphatic heterocycles. The Kier molecular flexibility index (Phi) is 2.84. The van der Waals surface area contributed by atoms with Gasteiger partial charge in [-0.2, -0.15) is 5.26 Å².